The number of carbonyl (C=O) groups excluding carboxylic acids is 1. The fourth-order valence-corrected chi connectivity index (χ4v) is 3.53. The molecular weight excluding hydrogens is 234 g/mol. The predicted octanol–water partition coefficient (Wildman–Crippen LogP) is 4.30. The highest BCUT2D eigenvalue weighted by Crippen LogP contribution is 2.39. The van der Waals surface area contributed by atoms with Gasteiger partial charge in [-0.15, -0.1) is 0 Å². The summed E-state index contributed by atoms with van der Waals surface area (Å²) in [6, 6.07) is 0. The lowest BCUT2D eigenvalue weighted by Crippen LogP contribution is -2.44. The largest absolute Gasteiger partial charge is 0.334 e. The van der Waals surface area contributed by atoms with E-state index in [1.807, 2.05) is 0 Å². The molecule has 0 saturated carbocycles. The first-order chi connectivity index (χ1) is 9.18. The summed E-state index contributed by atoms with van der Waals surface area (Å²) >= 11 is 0. The van der Waals surface area contributed by atoms with Gasteiger partial charge in [0.1, 0.15) is 0 Å². The van der Waals surface area contributed by atoms with Crippen LogP contribution in [0.3, 0.4) is 0 Å². The van der Waals surface area contributed by atoms with Crippen molar-refractivity contribution in [2.45, 2.75) is 77.2 Å². The van der Waals surface area contributed by atoms with Gasteiger partial charge >= 0.3 is 0 Å². The first-order valence-electron chi connectivity index (χ1n) is 8.16. The van der Waals surface area contributed by atoms with Crippen LogP contribution in [0, 0.1) is 5.92 Å². The van der Waals surface area contributed by atoms with Crippen molar-refractivity contribution in [1.82, 2.24) is 4.90 Å². The zero-order chi connectivity index (χ0) is 13.7. The van der Waals surface area contributed by atoms with Crippen LogP contribution in [0.15, 0.2) is 12.2 Å². The third-order valence-electron chi connectivity index (χ3n) is 5.04. The summed E-state index contributed by atoms with van der Waals surface area (Å²) in [4.78, 5) is 14.6. The Balaban J connectivity index is 1.75. The molecule has 0 aromatic heterocycles. The number of carbonyl (C=O) groups is 1. The molecule has 1 fully saturated rings. The van der Waals surface area contributed by atoms with Crippen molar-refractivity contribution < 1.29 is 4.79 Å². The van der Waals surface area contributed by atoms with Crippen LogP contribution in [0.4, 0.5) is 0 Å². The summed E-state index contributed by atoms with van der Waals surface area (Å²) in [5.41, 5.74) is 0.119. The van der Waals surface area contributed by atoms with Gasteiger partial charge in [0.25, 0.3) is 0 Å². The average Bonchev–Trinajstić information content (AvgIpc) is 3.05. The minimum Gasteiger partial charge on any atom is -0.334 e. The van der Waals surface area contributed by atoms with Crippen molar-refractivity contribution in [2.75, 3.05) is 6.54 Å². The van der Waals surface area contributed by atoms with Crippen LogP contribution >= 0.6 is 0 Å². The summed E-state index contributed by atoms with van der Waals surface area (Å²) in [6.07, 6.45) is 14.8. The molecule has 1 spiro atoms. The van der Waals surface area contributed by atoms with E-state index in [9.17, 15) is 4.79 Å². The summed E-state index contributed by atoms with van der Waals surface area (Å²) in [5, 5.41) is 0. The Hall–Kier alpha value is -0.790. The van der Waals surface area contributed by atoms with E-state index in [1.54, 1.807) is 0 Å². The zero-order valence-corrected chi connectivity index (χ0v) is 12.7. The maximum atomic E-state index is 12.4. The van der Waals surface area contributed by atoms with Crippen LogP contribution in [0.1, 0.15) is 71.6 Å². The molecular formula is C17H29NO. The molecule has 2 nitrogen and oxygen atoms in total. The van der Waals surface area contributed by atoms with Gasteiger partial charge in [-0.1, -0.05) is 45.3 Å². The van der Waals surface area contributed by atoms with E-state index in [-0.39, 0.29) is 5.54 Å². The molecule has 0 N–H and O–H groups in total. The number of likely N-dealkylation sites (tertiary alicyclic amines) is 1. The van der Waals surface area contributed by atoms with Crippen LogP contribution in [-0.4, -0.2) is 22.9 Å². The molecule has 2 aliphatic rings. The molecule has 0 bridgehead atoms. The highest BCUT2D eigenvalue weighted by atomic mass is 16.2. The van der Waals surface area contributed by atoms with Crippen LogP contribution in [0.2, 0.25) is 0 Å². The number of nitrogens with zero attached hydrogens (tertiary/aromatic N) is 1. The van der Waals surface area contributed by atoms with Crippen molar-refractivity contribution >= 4 is 5.91 Å². The summed E-state index contributed by atoms with van der Waals surface area (Å²) < 4.78 is 0. The zero-order valence-electron chi connectivity index (χ0n) is 12.7. The van der Waals surface area contributed by atoms with Gasteiger partial charge in [0.05, 0.1) is 5.54 Å². The van der Waals surface area contributed by atoms with Crippen molar-refractivity contribution in [3.63, 3.8) is 0 Å². The molecule has 108 valence electrons. The number of allylic oxidation sites excluding steroid dienone is 1. The van der Waals surface area contributed by atoms with Crippen molar-refractivity contribution in [3.05, 3.63) is 12.2 Å². The molecule has 1 aliphatic carbocycles. The highest BCUT2D eigenvalue weighted by Gasteiger charge is 2.42. The second kappa shape index (κ2) is 6.58. The summed E-state index contributed by atoms with van der Waals surface area (Å²) in [5.74, 6) is 1.21. The molecule has 2 rings (SSSR count). The predicted molar refractivity (Wildman–Crippen MR) is 80.0 cm³/mol. The molecule has 2 unspecified atom stereocenters. The van der Waals surface area contributed by atoms with Gasteiger partial charge in [0.2, 0.25) is 5.91 Å². The Morgan fingerprint density at radius 1 is 1.37 bits per heavy atom. The Kier molecular flexibility index (Phi) is 5.06. The van der Waals surface area contributed by atoms with Gasteiger partial charge in [-0.2, -0.15) is 0 Å². The van der Waals surface area contributed by atoms with Crippen molar-refractivity contribution in [3.8, 4) is 0 Å². The van der Waals surface area contributed by atoms with Gasteiger partial charge in [-0.05, 0) is 38.0 Å². The average molecular weight is 263 g/mol. The Bertz CT molecular complexity index is 336. The smallest absolute Gasteiger partial charge is 0.223 e. The molecule has 19 heavy (non-hydrogen) atoms. The van der Waals surface area contributed by atoms with E-state index in [2.05, 4.69) is 30.9 Å². The monoisotopic (exact) mass is 263 g/mol. The van der Waals surface area contributed by atoms with Gasteiger partial charge < -0.3 is 4.90 Å². The maximum absolute atomic E-state index is 12.4. The van der Waals surface area contributed by atoms with E-state index < -0.39 is 0 Å². The minimum atomic E-state index is 0.119. The molecule has 1 heterocycles. The third kappa shape index (κ3) is 3.40. The quantitative estimate of drug-likeness (QED) is 0.516. The molecule has 1 amide bonds. The van der Waals surface area contributed by atoms with E-state index in [1.165, 1.54) is 32.1 Å². The second-order valence-corrected chi connectivity index (χ2v) is 6.45. The highest BCUT2D eigenvalue weighted by molar-refractivity contribution is 5.78. The third-order valence-corrected chi connectivity index (χ3v) is 5.04. The summed E-state index contributed by atoms with van der Waals surface area (Å²) in [6.45, 7) is 5.53. The first kappa shape index (κ1) is 14.6. The topological polar surface area (TPSA) is 20.3 Å². The first-order valence-corrected chi connectivity index (χ1v) is 8.16. The molecule has 1 aliphatic heterocycles. The number of amides is 1. The number of rotatable bonds is 6. The van der Waals surface area contributed by atoms with Crippen molar-refractivity contribution in [2.24, 2.45) is 5.92 Å². The minimum absolute atomic E-state index is 0.119. The molecule has 1 saturated heterocycles. The van der Waals surface area contributed by atoms with E-state index in [0.29, 0.717) is 5.91 Å². The lowest BCUT2D eigenvalue weighted by Gasteiger charge is -2.34. The van der Waals surface area contributed by atoms with E-state index >= 15 is 0 Å². The lowest BCUT2D eigenvalue weighted by atomic mass is 9.95. The van der Waals surface area contributed by atoms with Gasteiger partial charge in [0.15, 0.2) is 0 Å². The summed E-state index contributed by atoms with van der Waals surface area (Å²) in [7, 11) is 0. The van der Waals surface area contributed by atoms with Gasteiger partial charge in [-0.25, -0.2) is 0 Å². The van der Waals surface area contributed by atoms with Crippen molar-refractivity contribution in [1.29, 1.82) is 0 Å². The Morgan fingerprint density at radius 3 is 2.89 bits per heavy atom. The number of hydrogen-bond donors (Lipinski definition) is 0. The fraction of sp³-hybridized carbons (Fsp3) is 0.824. The van der Waals surface area contributed by atoms with Crippen LogP contribution < -0.4 is 0 Å². The van der Waals surface area contributed by atoms with Crippen LogP contribution in [-0.2, 0) is 4.79 Å². The Morgan fingerprint density at radius 2 is 2.21 bits per heavy atom. The number of hydrogen-bond acceptors (Lipinski definition) is 1. The normalized spacial score (nSPS) is 27.4. The lowest BCUT2D eigenvalue weighted by molar-refractivity contribution is -0.134. The molecule has 0 radical (unpaired) electrons. The fourth-order valence-electron chi connectivity index (χ4n) is 3.53. The second-order valence-electron chi connectivity index (χ2n) is 6.45. The SMILES string of the molecule is CCC(C)CCCCC(=O)N1CCCC12C=CCC2. The molecule has 0 aromatic carbocycles. The van der Waals surface area contributed by atoms with Gasteiger partial charge in [0, 0.05) is 13.0 Å². The molecule has 2 atom stereocenters. The standard InChI is InChI=1S/C17H29NO/c1-3-15(2)9-4-5-10-16(19)18-14-8-13-17(18)11-6-7-12-17/h6,11,15H,3-5,7-10,12-14H2,1-2H3. The van der Waals surface area contributed by atoms with E-state index in [4.69, 9.17) is 0 Å². The van der Waals surface area contributed by atoms with Crippen LogP contribution in [0.25, 0.3) is 0 Å². The van der Waals surface area contributed by atoms with Crippen LogP contribution in [0.5, 0.6) is 0 Å². The molecule has 2 heteroatoms. The maximum Gasteiger partial charge on any atom is 0.223 e. The van der Waals surface area contributed by atoms with E-state index in [0.717, 1.165) is 38.1 Å². The molecule has 0 aromatic rings. The Labute approximate surface area is 118 Å². The number of unbranched alkanes of at least 4 members (excludes halogenated alkanes) is 1. The van der Waals surface area contributed by atoms with Gasteiger partial charge in [-0.3, -0.25) is 4.79 Å².